The predicted octanol–water partition coefficient (Wildman–Crippen LogP) is 2.29. The fraction of sp³-hybridized carbons (Fsp3) is 0.444. The van der Waals surface area contributed by atoms with Crippen molar-refractivity contribution >= 4 is 15.9 Å². The van der Waals surface area contributed by atoms with Crippen LogP contribution in [0.2, 0.25) is 0 Å². The highest BCUT2D eigenvalue weighted by atomic mass is 79.9. The van der Waals surface area contributed by atoms with E-state index in [0.717, 1.165) is 0 Å². The summed E-state index contributed by atoms with van der Waals surface area (Å²) in [7, 11) is 1.30. The molecule has 0 atom stereocenters. The number of halogens is 3. The third-order valence-corrected chi connectivity index (χ3v) is 2.30. The first-order chi connectivity index (χ1) is 7.01. The first-order valence-corrected chi connectivity index (χ1v) is 5.08. The minimum Gasteiger partial charge on any atom is -0.481 e. The van der Waals surface area contributed by atoms with E-state index in [1.807, 2.05) is 0 Å². The molecule has 0 saturated heterocycles. The third-order valence-electron chi connectivity index (χ3n) is 1.86. The SMILES string of the molecule is COc1ncc(Br)cc1C(F)(F)CCN. The molecule has 0 bridgehead atoms. The Balaban J connectivity index is 3.15. The molecule has 0 aliphatic heterocycles. The van der Waals surface area contributed by atoms with Crippen LogP contribution >= 0.6 is 15.9 Å². The standard InChI is InChI=1S/C9H11BrF2N2O/c1-15-8-7(4-6(10)5-14-8)9(11,12)2-3-13/h4-5H,2-3,13H2,1H3. The number of methoxy groups -OCH3 is 1. The molecule has 6 heteroatoms. The molecule has 0 radical (unpaired) electrons. The van der Waals surface area contributed by atoms with Gasteiger partial charge >= 0.3 is 0 Å². The number of ether oxygens (including phenoxy) is 1. The minimum absolute atomic E-state index is 0.0725. The summed E-state index contributed by atoms with van der Waals surface area (Å²) in [6, 6.07) is 1.29. The van der Waals surface area contributed by atoms with Crippen molar-refractivity contribution in [1.82, 2.24) is 4.98 Å². The molecule has 15 heavy (non-hydrogen) atoms. The number of pyridine rings is 1. The van der Waals surface area contributed by atoms with Gasteiger partial charge < -0.3 is 10.5 Å². The summed E-state index contributed by atoms with van der Waals surface area (Å²) in [5.74, 6) is -3.09. The van der Waals surface area contributed by atoms with E-state index >= 15 is 0 Å². The van der Waals surface area contributed by atoms with Crippen molar-refractivity contribution in [3.63, 3.8) is 0 Å². The molecule has 1 rings (SSSR count). The fourth-order valence-electron chi connectivity index (χ4n) is 1.17. The number of nitrogens with zero attached hydrogens (tertiary/aromatic N) is 1. The highest BCUT2D eigenvalue weighted by Crippen LogP contribution is 2.37. The lowest BCUT2D eigenvalue weighted by Gasteiger charge is -2.17. The summed E-state index contributed by atoms with van der Waals surface area (Å²) >= 11 is 3.09. The molecule has 2 N–H and O–H groups in total. The number of alkyl halides is 2. The van der Waals surface area contributed by atoms with Crippen molar-refractivity contribution < 1.29 is 13.5 Å². The number of aromatic nitrogens is 1. The molecule has 0 aliphatic carbocycles. The lowest BCUT2D eigenvalue weighted by molar-refractivity contribution is -0.0134. The summed E-state index contributed by atoms with van der Waals surface area (Å²) in [4.78, 5) is 3.76. The quantitative estimate of drug-likeness (QED) is 0.921. The van der Waals surface area contributed by atoms with Gasteiger partial charge in [0.25, 0.3) is 5.92 Å². The Bertz CT molecular complexity index is 347. The molecule has 1 aromatic heterocycles. The van der Waals surface area contributed by atoms with Crippen LogP contribution in [-0.4, -0.2) is 18.6 Å². The predicted molar refractivity (Wildman–Crippen MR) is 56.1 cm³/mol. The van der Waals surface area contributed by atoms with Crippen LogP contribution in [0.3, 0.4) is 0 Å². The molecule has 0 spiro atoms. The highest BCUT2D eigenvalue weighted by Gasteiger charge is 2.34. The monoisotopic (exact) mass is 280 g/mol. The maximum atomic E-state index is 13.6. The Kier molecular flexibility index (Phi) is 3.98. The second-order valence-electron chi connectivity index (χ2n) is 2.95. The van der Waals surface area contributed by atoms with E-state index < -0.39 is 12.3 Å². The highest BCUT2D eigenvalue weighted by molar-refractivity contribution is 9.10. The number of hydrogen-bond donors (Lipinski definition) is 1. The maximum absolute atomic E-state index is 13.6. The van der Waals surface area contributed by atoms with Crippen LogP contribution < -0.4 is 10.5 Å². The molecule has 0 unspecified atom stereocenters. The fourth-order valence-corrected chi connectivity index (χ4v) is 1.50. The lowest BCUT2D eigenvalue weighted by atomic mass is 10.1. The van der Waals surface area contributed by atoms with Crippen molar-refractivity contribution in [3.05, 3.63) is 22.3 Å². The van der Waals surface area contributed by atoms with E-state index in [1.165, 1.54) is 19.4 Å². The van der Waals surface area contributed by atoms with E-state index in [-0.39, 0.29) is 18.0 Å². The minimum atomic E-state index is -3.02. The van der Waals surface area contributed by atoms with E-state index in [0.29, 0.717) is 4.47 Å². The van der Waals surface area contributed by atoms with Gasteiger partial charge in [-0.05, 0) is 28.5 Å². The second-order valence-corrected chi connectivity index (χ2v) is 3.87. The Morgan fingerprint density at radius 2 is 2.27 bits per heavy atom. The number of hydrogen-bond acceptors (Lipinski definition) is 3. The van der Waals surface area contributed by atoms with Crippen molar-refractivity contribution in [2.45, 2.75) is 12.3 Å². The average molecular weight is 281 g/mol. The summed E-state index contributed by atoms with van der Waals surface area (Å²) in [5.41, 5.74) is 4.88. The molecule has 84 valence electrons. The first kappa shape index (κ1) is 12.3. The van der Waals surface area contributed by atoms with Gasteiger partial charge in [-0.25, -0.2) is 13.8 Å². The van der Waals surface area contributed by atoms with Gasteiger partial charge in [0, 0.05) is 17.1 Å². The molecule has 1 heterocycles. The third kappa shape index (κ3) is 2.85. The average Bonchev–Trinajstić information content (AvgIpc) is 2.17. The Morgan fingerprint density at radius 1 is 1.60 bits per heavy atom. The smallest absolute Gasteiger partial charge is 0.279 e. The number of nitrogens with two attached hydrogens (primary N) is 1. The van der Waals surface area contributed by atoms with E-state index in [2.05, 4.69) is 20.9 Å². The van der Waals surface area contributed by atoms with E-state index in [1.54, 1.807) is 0 Å². The zero-order valence-corrected chi connectivity index (χ0v) is 9.72. The van der Waals surface area contributed by atoms with Crippen LogP contribution in [0.4, 0.5) is 8.78 Å². The molecule has 0 fully saturated rings. The summed E-state index contributed by atoms with van der Waals surface area (Å²) in [5, 5.41) is 0. The van der Waals surface area contributed by atoms with E-state index in [4.69, 9.17) is 10.5 Å². The van der Waals surface area contributed by atoms with Gasteiger partial charge in [-0.2, -0.15) is 0 Å². The van der Waals surface area contributed by atoms with Crippen LogP contribution in [0.25, 0.3) is 0 Å². The van der Waals surface area contributed by atoms with Gasteiger partial charge in [0.2, 0.25) is 5.88 Å². The van der Waals surface area contributed by atoms with Gasteiger partial charge in [-0.15, -0.1) is 0 Å². The zero-order valence-electron chi connectivity index (χ0n) is 8.14. The molecule has 0 aliphatic rings. The van der Waals surface area contributed by atoms with Gasteiger partial charge in [0.15, 0.2) is 0 Å². The normalized spacial score (nSPS) is 11.5. The van der Waals surface area contributed by atoms with Crippen molar-refractivity contribution in [1.29, 1.82) is 0 Å². The molecule has 0 amide bonds. The van der Waals surface area contributed by atoms with Crippen molar-refractivity contribution in [2.24, 2.45) is 5.73 Å². The molecule has 0 aromatic carbocycles. The zero-order chi connectivity index (χ0) is 11.5. The van der Waals surface area contributed by atoms with E-state index in [9.17, 15) is 8.78 Å². The van der Waals surface area contributed by atoms with Crippen LogP contribution in [-0.2, 0) is 5.92 Å². The summed E-state index contributed by atoms with van der Waals surface area (Å²) in [6.07, 6.45) is 0.975. The Labute approximate surface area is 94.8 Å². The largest absolute Gasteiger partial charge is 0.481 e. The lowest BCUT2D eigenvalue weighted by Crippen LogP contribution is -2.20. The van der Waals surface area contributed by atoms with Gasteiger partial charge in [0.05, 0.1) is 12.7 Å². The molecular weight excluding hydrogens is 270 g/mol. The van der Waals surface area contributed by atoms with Gasteiger partial charge in [-0.1, -0.05) is 0 Å². The topological polar surface area (TPSA) is 48.1 Å². The molecule has 0 saturated carbocycles. The summed E-state index contributed by atoms with van der Waals surface area (Å²) in [6.45, 7) is -0.0946. The van der Waals surface area contributed by atoms with Crippen LogP contribution in [0.1, 0.15) is 12.0 Å². The van der Waals surface area contributed by atoms with Crippen LogP contribution in [0, 0.1) is 0 Å². The van der Waals surface area contributed by atoms with Crippen molar-refractivity contribution in [2.75, 3.05) is 13.7 Å². The molecule has 3 nitrogen and oxygen atoms in total. The Hall–Kier alpha value is -0.750. The van der Waals surface area contributed by atoms with Crippen LogP contribution in [0.5, 0.6) is 5.88 Å². The van der Waals surface area contributed by atoms with Gasteiger partial charge in [-0.3, -0.25) is 0 Å². The van der Waals surface area contributed by atoms with Crippen molar-refractivity contribution in [3.8, 4) is 5.88 Å². The number of rotatable bonds is 4. The van der Waals surface area contributed by atoms with Crippen LogP contribution in [0.15, 0.2) is 16.7 Å². The molecule has 1 aromatic rings. The Morgan fingerprint density at radius 3 is 2.80 bits per heavy atom. The maximum Gasteiger partial charge on any atom is 0.279 e. The second kappa shape index (κ2) is 4.85. The van der Waals surface area contributed by atoms with Gasteiger partial charge in [0.1, 0.15) is 0 Å². The molecular formula is C9H11BrF2N2O. The summed E-state index contributed by atoms with van der Waals surface area (Å²) < 4.78 is 32.4. The first-order valence-electron chi connectivity index (χ1n) is 4.29.